The van der Waals surface area contributed by atoms with Crippen molar-refractivity contribution in [2.24, 2.45) is 5.92 Å². The number of anilines is 2. The van der Waals surface area contributed by atoms with Gasteiger partial charge in [-0.3, -0.25) is 9.59 Å². The van der Waals surface area contributed by atoms with Crippen molar-refractivity contribution in [2.45, 2.75) is 19.3 Å². The fraction of sp³-hybridized carbons (Fsp3) is 0.290. The normalized spacial score (nSPS) is 14.0. The molecule has 0 saturated carbocycles. The van der Waals surface area contributed by atoms with Crippen LogP contribution >= 0.6 is 0 Å². The number of carbonyl (C=O) groups is 2. The van der Waals surface area contributed by atoms with Crippen LogP contribution in [0, 0.1) is 5.92 Å². The smallest absolute Gasteiger partial charge is 0.253 e. The van der Waals surface area contributed by atoms with Gasteiger partial charge in [0.05, 0.1) is 12.2 Å². The van der Waals surface area contributed by atoms with Gasteiger partial charge in [0.2, 0.25) is 5.91 Å². The van der Waals surface area contributed by atoms with Crippen LogP contribution in [-0.2, 0) is 16.0 Å². The molecule has 0 unspecified atom stereocenters. The molecular formula is C31H35N3O3. The van der Waals surface area contributed by atoms with Gasteiger partial charge in [-0.25, -0.2) is 0 Å². The lowest BCUT2D eigenvalue weighted by molar-refractivity contribution is -0.111. The quantitative estimate of drug-likeness (QED) is 0.299. The van der Waals surface area contributed by atoms with Crippen LogP contribution < -0.4 is 15.5 Å². The number of hydrogen-bond acceptors (Lipinski definition) is 4. The van der Waals surface area contributed by atoms with Crippen molar-refractivity contribution in [1.82, 2.24) is 5.32 Å². The molecule has 1 aliphatic rings. The maximum absolute atomic E-state index is 13.1. The molecule has 0 aromatic heterocycles. The van der Waals surface area contributed by atoms with Gasteiger partial charge in [-0.1, -0.05) is 60.7 Å². The Kier molecular flexibility index (Phi) is 9.49. The summed E-state index contributed by atoms with van der Waals surface area (Å²) in [7, 11) is 1.61. The fourth-order valence-electron chi connectivity index (χ4n) is 4.68. The Morgan fingerprint density at radius 1 is 0.973 bits per heavy atom. The molecule has 0 atom stereocenters. The number of nitrogens with one attached hydrogen (secondary N) is 2. The van der Waals surface area contributed by atoms with Crippen LogP contribution in [0.4, 0.5) is 11.4 Å². The van der Waals surface area contributed by atoms with Crippen LogP contribution in [0.25, 0.3) is 6.08 Å². The summed E-state index contributed by atoms with van der Waals surface area (Å²) in [5, 5.41) is 5.82. The predicted octanol–water partition coefficient (Wildman–Crippen LogP) is 5.17. The van der Waals surface area contributed by atoms with Gasteiger partial charge in [0.15, 0.2) is 0 Å². The van der Waals surface area contributed by atoms with Crippen LogP contribution in [0.1, 0.15) is 34.3 Å². The van der Waals surface area contributed by atoms with Crippen molar-refractivity contribution in [2.75, 3.05) is 43.6 Å². The molecule has 6 heteroatoms. The summed E-state index contributed by atoms with van der Waals surface area (Å²) in [6.07, 6.45) is 6.49. The van der Waals surface area contributed by atoms with E-state index in [-0.39, 0.29) is 11.8 Å². The molecule has 1 heterocycles. The molecule has 3 aromatic rings. The lowest BCUT2D eigenvalue weighted by Gasteiger charge is -2.35. The number of ether oxygens (including phenoxy) is 1. The van der Waals surface area contributed by atoms with Gasteiger partial charge in [0, 0.05) is 44.2 Å². The van der Waals surface area contributed by atoms with E-state index in [0.29, 0.717) is 30.3 Å². The third kappa shape index (κ3) is 7.79. The average molecular weight is 498 g/mol. The fourth-order valence-corrected chi connectivity index (χ4v) is 4.68. The topological polar surface area (TPSA) is 70.7 Å². The first kappa shape index (κ1) is 26.2. The van der Waals surface area contributed by atoms with E-state index in [0.717, 1.165) is 43.6 Å². The zero-order valence-electron chi connectivity index (χ0n) is 21.4. The van der Waals surface area contributed by atoms with Crippen LogP contribution in [-0.4, -0.2) is 45.2 Å². The molecule has 0 bridgehead atoms. The minimum atomic E-state index is -0.246. The number of nitrogens with zero attached hydrogens (tertiary/aromatic N) is 1. The standard InChI is InChI=1S/C31H35N3O3/c1-37-21-18-32-31(36)28-23-27(33-30(35)15-12-24-8-4-2-5-9-24)13-14-29(28)34-19-16-26(17-20-34)22-25-10-6-3-7-11-25/h2-15,23,26H,16-22H2,1H3,(H,32,36)(H,33,35)/b15-12+. The molecule has 37 heavy (non-hydrogen) atoms. The number of benzene rings is 3. The summed E-state index contributed by atoms with van der Waals surface area (Å²) in [4.78, 5) is 27.9. The van der Waals surface area contributed by atoms with E-state index in [1.165, 1.54) is 11.6 Å². The van der Waals surface area contributed by atoms with Crippen molar-refractivity contribution >= 4 is 29.3 Å². The van der Waals surface area contributed by atoms with E-state index in [1.54, 1.807) is 19.3 Å². The highest BCUT2D eigenvalue weighted by Crippen LogP contribution is 2.30. The second-order valence-electron chi connectivity index (χ2n) is 9.33. The van der Waals surface area contributed by atoms with Crippen LogP contribution in [0.2, 0.25) is 0 Å². The van der Waals surface area contributed by atoms with Gasteiger partial charge in [0.1, 0.15) is 0 Å². The lowest BCUT2D eigenvalue weighted by Crippen LogP contribution is -2.36. The van der Waals surface area contributed by atoms with Crippen molar-refractivity contribution in [3.8, 4) is 0 Å². The van der Waals surface area contributed by atoms with Gasteiger partial charge >= 0.3 is 0 Å². The average Bonchev–Trinajstić information content (AvgIpc) is 2.94. The Labute approximate surface area is 219 Å². The van der Waals surface area contributed by atoms with Gasteiger partial charge in [-0.05, 0) is 60.6 Å². The van der Waals surface area contributed by atoms with E-state index >= 15 is 0 Å². The van der Waals surface area contributed by atoms with E-state index < -0.39 is 0 Å². The van der Waals surface area contributed by atoms with Crippen molar-refractivity contribution in [3.05, 3.63) is 102 Å². The van der Waals surface area contributed by atoms with Crippen molar-refractivity contribution < 1.29 is 14.3 Å². The number of amides is 2. The second-order valence-corrected chi connectivity index (χ2v) is 9.33. The van der Waals surface area contributed by atoms with E-state index in [1.807, 2.05) is 42.5 Å². The summed E-state index contributed by atoms with van der Waals surface area (Å²) in [5.74, 6) is 0.214. The Bertz CT molecular complexity index is 1190. The first-order valence-corrected chi connectivity index (χ1v) is 12.9. The largest absolute Gasteiger partial charge is 0.383 e. The SMILES string of the molecule is COCCNC(=O)c1cc(NC(=O)/C=C/c2ccccc2)ccc1N1CCC(Cc2ccccc2)CC1. The molecule has 0 spiro atoms. The van der Waals surface area contributed by atoms with Gasteiger partial charge in [0.25, 0.3) is 5.91 Å². The Morgan fingerprint density at radius 3 is 2.38 bits per heavy atom. The molecule has 0 aliphatic carbocycles. The maximum Gasteiger partial charge on any atom is 0.253 e. The highest BCUT2D eigenvalue weighted by Gasteiger charge is 2.23. The Hall–Kier alpha value is -3.90. The minimum Gasteiger partial charge on any atom is -0.383 e. The van der Waals surface area contributed by atoms with E-state index in [9.17, 15) is 9.59 Å². The summed E-state index contributed by atoms with van der Waals surface area (Å²) in [6.45, 7) is 2.64. The van der Waals surface area contributed by atoms with Crippen LogP contribution in [0.3, 0.4) is 0 Å². The number of rotatable bonds is 10. The molecule has 1 fully saturated rings. The number of methoxy groups -OCH3 is 1. The number of hydrogen-bond donors (Lipinski definition) is 2. The van der Waals surface area contributed by atoms with Crippen LogP contribution in [0.5, 0.6) is 0 Å². The zero-order chi connectivity index (χ0) is 25.9. The molecular weight excluding hydrogens is 462 g/mol. The summed E-state index contributed by atoms with van der Waals surface area (Å²) >= 11 is 0. The van der Waals surface area contributed by atoms with Gasteiger partial charge < -0.3 is 20.3 Å². The van der Waals surface area contributed by atoms with E-state index in [4.69, 9.17) is 4.74 Å². The second kappa shape index (κ2) is 13.4. The van der Waals surface area contributed by atoms with E-state index in [2.05, 4.69) is 45.9 Å². The van der Waals surface area contributed by atoms with Gasteiger partial charge in [-0.15, -0.1) is 0 Å². The third-order valence-corrected chi connectivity index (χ3v) is 6.65. The minimum absolute atomic E-state index is 0.172. The lowest BCUT2D eigenvalue weighted by atomic mass is 9.89. The molecule has 2 N–H and O–H groups in total. The first-order chi connectivity index (χ1) is 18.1. The number of piperidine rings is 1. The van der Waals surface area contributed by atoms with Gasteiger partial charge in [-0.2, -0.15) is 0 Å². The monoisotopic (exact) mass is 497 g/mol. The number of carbonyl (C=O) groups excluding carboxylic acids is 2. The van der Waals surface area contributed by atoms with Crippen LogP contribution in [0.15, 0.2) is 84.9 Å². The predicted molar refractivity (Wildman–Crippen MR) is 150 cm³/mol. The molecule has 192 valence electrons. The van der Waals surface area contributed by atoms with Crippen molar-refractivity contribution in [1.29, 1.82) is 0 Å². The molecule has 3 aromatic carbocycles. The molecule has 0 radical (unpaired) electrons. The third-order valence-electron chi connectivity index (χ3n) is 6.65. The first-order valence-electron chi connectivity index (χ1n) is 12.9. The summed E-state index contributed by atoms with van der Waals surface area (Å²) in [5.41, 5.74) is 4.36. The maximum atomic E-state index is 13.1. The Balaban J connectivity index is 1.45. The zero-order valence-corrected chi connectivity index (χ0v) is 21.4. The summed E-state index contributed by atoms with van der Waals surface area (Å²) in [6, 6.07) is 25.9. The molecule has 2 amide bonds. The Morgan fingerprint density at radius 2 is 1.68 bits per heavy atom. The molecule has 6 nitrogen and oxygen atoms in total. The molecule has 4 rings (SSSR count). The van der Waals surface area contributed by atoms with Crippen molar-refractivity contribution in [3.63, 3.8) is 0 Å². The summed E-state index contributed by atoms with van der Waals surface area (Å²) < 4.78 is 5.09. The molecule has 1 saturated heterocycles. The highest BCUT2D eigenvalue weighted by atomic mass is 16.5. The highest BCUT2D eigenvalue weighted by molar-refractivity contribution is 6.05. The molecule has 1 aliphatic heterocycles.